The molecule has 2 N–H and O–H groups in total. The maximum atomic E-state index is 5.75. The summed E-state index contributed by atoms with van der Waals surface area (Å²) in [6, 6.07) is 0.719. The number of nitrogens with two attached hydrogens (primary N) is 1. The predicted molar refractivity (Wildman–Crippen MR) is 75.2 cm³/mol. The van der Waals surface area contributed by atoms with Crippen molar-refractivity contribution < 1.29 is 0 Å². The Bertz CT molecular complexity index is 216. The lowest BCUT2D eigenvalue weighted by Crippen LogP contribution is -2.50. The van der Waals surface area contributed by atoms with Gasteiger partial charge in [0, 0.05) is 25.7 Å². The smallest absolute Gasteiger partial charge is 0.0195 e. The highest BCUT2D eigenvalue weighted by molar-refractivity contribution is 4.77. The molecule has 0 aromatic carbocycles. The summed E-state index contributed by atoms with van der Waals surface area (Å²) in [5, 5.41) is 0. The lowest BCUT2D eigenvalue weighted by molar-refractivity contribution is 0.0975. The Morgan fingerprint density at radius 2 is 1.94 bits per heavy atom. The number of likely N-dealkylation sites (N-methyl/N-ethyl adjacent to an activating group) is 1. The molecule has 0 aliphatic carbocycles. The summed E-state index contributed by atoms with van der Waals surface area (Å²) in [5.41, 5.74) is 6.08. The van der Waals surface area contributed by atoms with Crippen molar-refractivity contribution in [2.45, 2.75) is 46.1 Å². The third-order valence-electron chi connectivity index (χ3n) is 4.07. The first kappa shape index (κ1) is 14.9. The van der Waals surface area contributed by atoms with E-state index in [2.05, 4.69) is 37.6 Å². The number of rotatable bonds is 6. The molecule has 1 fully saturated rings. The van der Waals surface area contributed by atoms with Gasteiger partial charge in [-0.2, -0.15) is 0 Å². The summed E-state index contributed by atoms with van der Waals surface area (Å²) in [4.78, 5) is 5.06. The third-order valence-corrected chi connectivity index (χ3v) is 4.07. The van der Waals surface area contributed by atoms with Gasteiger partial charge < -0.3 is 10.6 Å². The van der Waals surface area contributed by atoms with E-state index in [9.17, 15) is 0 Å². The highest BCUT2D eigenvalue weighted by Gasteiger charge is 2.21. The Kier molecular flexibility index (Phi) is 5.90. The van der Waals surface area contributed by atoms with E-state index in [1.54, 1.807) is 0 Å². The molecule has 1 aliphatic rings. The molecule has 1 heterocycles. The topological polar surface area (TPSA) is 32.5 Å². The maximum absolute atomic E-state index is 5.75. The van der Waals surface area contributed by atoms with Crippen LogP contribution in [0.25, 0.3) is 0 Å². The predicted octanol–water partition coefficient (Wildman–Crippen LogP) is 1.78. The second-order valence-corrected chi connectivity index (χ2v) is 6.47. The molecule has 3 heteroatoms. The molecule has 1 saturated heterocycles. The van der Waals surface area contributed by atoms with Crippen molar-refractivity contribution >= 4 is 0 Å². The molecule has 0 spiro atoms. The van der Waals surface area contributed by atoms with Crippen LogP contribution in [0.2, 0.25) is 0 Å². The van der Waals surface area contributed by atoms with Crippen LogP contribution in [0.4, 0.5) is 0 Å². The minimum Gasteiger partial charge on any atom is -0.330 e. The van der Waals surface area contributed by atoms with Crippen LogP contribution in [0, 0.1) is 5.41 Å². The van der Waals surface area contributed by atoms with Gasteiger partial charge >= 0.3 is 0 Å². The van der Waals surface area contributed by atoms with Gasteiger partial charge in [0.25, 0.3) is 0 Å². The molecule has 0 amide bonds. The Morgan fingerprint density at radius 3 is 2.53 bits per heavy atom. The number of hydrogen-bond donors (Lipinski definition) is 1. The fraction of sp³-hybridized carbons (Fsp3) is 1.00. The number of piperazine rings is 1. The van der Waals surface area contributed by atoms with Crippen LogP contribution in [-0.4, -0.2) is 55.6 Å². The van der Waals surface area contributed by atoms with E-state index in [0.717, 1.165) is 12.6 Å². The molecule has 1 unspecified atom stereocenters. The van der Waals surface area contributed by atoms with Crippen LogP contribution in [0.1, 0.15) is 40.0 Å². The standard InChI is InChI=1S/C14H31N3/c1-13-11-16(4)9-10-17(13)8-6-5-7-14(2,3)12-15/h13H,5-12,15H2,1-4H3. The van der Waals surface area contributed by atoms with Gasteiger partial charge in [0.15, 0.2) is 0 Å². The van der Waals surface area contributed by atoms with E-state index in [4.69, 9.17) is 5.73 Å². The zero-order chi connectivity index (χ0) is 12.9. The van der Waals surface area contributed by atoms with E-state index in [1.807, 2.05) is 0 Å². The summed E-state index contributed by atoms with van der Waals surface area (Å²) in [7, 11) is 2.22. The van der Waals surface area contributed by atoms with Crippen molar-refractivity contribution in [1.29, 1.82) is 0 Å². The lowest BCUT2D eigenvalue weighted by Gasteiger charge is -2.38. The van der Waals surface area contributed by atoms with Gasteiger partial charge in [0.1, 0.15) is 0 Å². The highest BCUT2D eigenvalue weighted by Crippen LogP contribution is 2.21. The van der Waals surface area contributed by atoms with Crippen molar-refractivity contribution in [3.8, 4) is 0 Å². The van der Waals surface area contributed by atoms with Crippen LogP contribution in [0.3, 0.4) is 0 Å². The average molecular weight is 241 g/mol. The summed E-state index contributed by atoms with van der Waals surface area (Å²) in [5.74, 6) is 0. The fourth-order valence-electron chi connectivity index (χ4n) is 2.53. The molecular formula is C14H31N3. The van der Waals surface area contributed by atoms with E-state index in [-0.39, 0.29) is 0 Å². The molecule has 1 rings (SSSR count). The summed E-state index contributed by atoms with van der Waals surface area (Å²) in [6.07, 6.45) is 3.88. The Hall–Kier alpha value is -0.120. The molecule has 17 heavy (non-hydrogen) atoms. The SMILES string of the molecule is CC1CN(C)CCN1CCCCC(C)(C)CN. The highest BCUT2D eigenvalue weighted by atomic mass is 15.3. The van der Waals surface area contributed by atoms with Gasteiger partial charge in [0.05, 0.1) is 0 Å². The Morgan fingerprint density at radius 1 is 1.24 bits per heavy atom. The molecule has 102 valence electrons. The molecule has 0 aromatic heterocycles. The van der Waals surface area contributed by atoms with Gasteiger partial charge in [-0.05, 0) is 45.3 Å². The third kappa shape index (κ3) is 5.36. The van der Waals surface area contributed by atoms with Crippen molar-refractivity contribution in [2.75, 3.05) is 39.8 Å². The number of hydrogen-bond acceptors (Lipinski definition) is 3. The molecule has 1 atom stereocenters. The van der Waals surface area contributed by atoms with Crippen LogP contribution in [0.15, 0.2) is 0 Å². The number of nitrogens with zero attached hydrogens (tertiary/aromatic N) is 2. The minimum atomic E-state index is 0.327. The first-order valence-corrected chi connectivity index (χ1v) is 7.07. The van der Waals surface area contributed by atoms with E-state index in [1.165, 1.54) is 45.4 Å². The van der Waals surface area contributed by atoms with Crippen molar-refractivity contribution in [3.63, 3.8) is 0 Å². The molecule has 3 nitrogen and oxygen atoms in total. The zero-order valence-electron chi connectivity index (χ0n) is 12.2. The minimum absolute atomic E-state index is 0.327. The molecule has 0 aromatic rings. The first-order chi connectivity index (χ1) is 7.94. The molecule has 1 aliphatic heterocycles. The summed E-state index contributed by atoms with van der Waals surface area (Å²) in [6.45, 7) is 12.6. The summed E-state index contributed by atoms with van der Waals surface area (Å²) >= 11 is 0. The van der Waals surface area contributed by atoms with Crippen molar-refractivity contribution in [2.24, 2.45) is 11.1 Å². The van der Waals surface area contributed by atoms with Crippen LogP contribution in [-0.2, 0) is 0 Å². The normalized spacial score (nSPS) is 24.2. The van der Waals surface area contributed by atoms with Crippen molar-refractivity contribution in [3.05, 3.63) is 0 Å². The van der Waals surface area contributed by atoms with Crippen LogP contribution in [0.5, 0.6) is 0 Å². The van der Waals surface area contributed by atoms with Crippen molar-refractivity contribution in [1.82, 2.24) is 9.80 Å². The van der Waals surface area contributed by atoms with Gasteiger partial charge in [-0.15, -0.1) is 0 Å². The van der Waals surface area contributed by atoms with Gasteiger partial charge in [-0.1, -0.05) is 20.3 Å². The Labute approximate surface area is 107 Å². The van der Waals surface area contributed by atoms with Gasteiger partial charge in [-0.3, -0.25) is 4.90 Å². The quantitative estimate of drug-likeness (QED) is 0.720. The Balaban J connectivity index is 2.14. The van der Waals surface area contributed by atoms with E-state index in [0.29, 0.717) is 5.41 Å². The zero-order valence-corrected chi connectivity index (χ0v) is 12.2. The van der Waals surface area contributed by atoms with Gasteiger partial charge in [-0.25, -0.2) is 0 Å². The fourth-order valence-corrected chi connectivity index (χ4v) is 2.53. The maximum Gasteiger partial charge on any atom is 0.0195 e. The molecule has 0 saturated carbocycles. The lowest BCUT2D eigenvalue weighted by atomic mass is 9.87. The van der Waals surface area contributed by atoms with Crippen LogP contribution >= 0.6 is 0 Å². The van der Waals surface area contributed by atoms with Gasteiger partial charge in [0.2, 0.25) is 0 Å². The van der Waals surface area contributed by atoms with Crippen LogP contribution < -0.4 is 5.73 Å². The second kappa shape index (κ2) is 6.72. The average Bonchev–Trinajstić information content (AvgIpc) is 2.27. The monoisotopic (exact) mass is 241 g/mol. The number of unbranched alkanes of at least 4 members (excludes halogenated alkanes) is 1. The molecule has 0 bridgehead atoms. The molecule has 0 radical (unpaired) electrons. The first-order valence-electron chi connectivity index (χ1n) is 7.07. The van der Waals surface area contributed by atoms with E-state index >= 15 is 0 Å². The second-order valence-electron chi connectivity index (χ2n) is 6.47. The summed E-state index contributed by atoms with van der Waals surface area (Å²) < 4.78 is 0. The largest absolute Gasteiger partial charge is 0.330 e. The molecular weight excluding hydrogens is 210 g/mol. The van der Waals surface area contributed by atoms with E-state index < -0.39 is 0 Å².